The second kappa shape index (κ2) is 7.20. The first-order valence-corrected chi connectivity index (χ1v) is 6.13. The van der Waals surface area contributed by atoms with Crippen LogP contribution in [0.2, 0.25) is 0 Å². The molecule has 1 fully saturated rings. The fraction of sp³-hybridized carbons (Fsp3) is 1.00. The summed E-state index contributed by atoms with van der Waals surface area (Å²) >= 11 is 0. The molecule has 15 heavy (non-hydrogen) atoms. The van der Waals surface area contributed by atoms with Crippen molar-refractivity contribution < 1.29 is 9.84 Å². The summed E-state index contributed by atoms with van der Waals surface area (Å²) in [5, 5.41) is 12.9. The maximum absolute atomic E-state index is 9.34. The van der Waals surface area contributed by atoms with Gasteiger partial charge in [-0.2, -0.15) is 0 Å². The quantitative estimate of drug-likeness (QED) is 0.706. The van der Waals surface area contributed by atoms with E-state index in [1.54, 1.807) is 7.11 Å². The minimum atomic E-state index is 0.188. The average molecular weight is 215 g/mol. The zero-order chi connectivity index (χ0) is 11.1. The van der Waals surface area contributed by atoms with E-state index >= 15 is 0 Å². The minimum absolute atomic E-state index is 0.188. The summed E-state index contributed by atoms with van der Waals surface area (Å²) in [6.07, 6.45) is 6.55. The minimum Gasteiger partial charge on any atom is -0.395 e. The molecule has 0 heterocycles. The summed E-state index contributed by atoms with van der Waals surface area (Å²) in [6, 6.07) is 0.795. The highest BCUT2D eigenvalue weighted by atomic mass is 16.5. The molecule has 90 valence electrons. The lowest BCUT2D eigenvalue weighted by Crippen LogP contribution is -2.46. The fourth-order valence-electron chi connectivity index (χ4n) is 2.35. The zero-order valence-corrected chi connectivity index (χ0v) is 10.0. The fourth-order valence-corrected chi connectivity index (χ4v) is 2.35. The normalized spacial score (nSPS) is 22.6. The van der Waals surface area contributed by atoms with Crippen molar-refractivity contribution in [3.63, 3.8) is 0 Å². The van der Waals surface area contributed by atoms with Gasteiger partial charge in [0.15, 0.2) is 0 Å². The monoisotopic (exact) mass is 215 g/mol. The summed E-state index contributed by atoms with van der Waals surface area (Å²) in [7, 11) is 1.71. The van der Waals surface area contributed by atoms with Crippen molar-refractivity contribution in [1.29, 1.82) is 0 Å². The molecule has 1 rings (SSSR count). The number of rotatable bonds is 6. The smallest absolute Gasteiger partial charge is 0.0588 e. The Balaban J connectivity index is 2.30. The summed E-state index contributed by atoms with van der Waals surface area (Å²) in [5.74, 6) is 0.377. The van der Waals surface area contributed by atoms with E-state index in [9.17, 15) is 5.11 Å². The first kappa shape index (κ1) is 12.9. The number of aliphatic hydroxyl groups excluding tert-OH is 1. The molecule has 0 aromatic heterocycles. The summed E-state index contributed by atoms with van der Waals surface area (Å²) in [4.78, 5) is 0. The van der Waals surface area contributed by atoms with Crippen molar-refractivity contribution in [2.45, 2.75) is 51.1 Å². The molecule has 1 saturated carbocycles. The number of aliphatic hydroxyl groups is 1. The van der Waals surface area contributed by atoms with Gasteiger partial charge in [-0.05, 0) is 18.8 Å². The van der Waals surface area contributed by atoms with Gasteiger partial charge < -0.3 is 15.2 Å². The Morgan fingerprint density at radius 3 is 2.53 bits per heavy atom. The van der Waals surface area contributed by atoms with Gasteiger partial charge in [-0.1, -0.05) is 26.2 Å². The zero-order valence-electron chi connectivity index (χ0n) is 10.0. The maximum Gasteiger partial charge on any atom is 0.0588 e. The predicted molar refractivity (Wildman–Crippen MR) is 61.9 cm³/mol. The Bertz CT molecular complexity index is 158. The van der Waals surface area contributed by atoms with Gasteiger partial charge in [0.1, 0.15) is 0 Å². The molecule has 0 aromatic carbocycles. The Morgan fingerprint density at radius 1 is 1.33 bits per heavy atom. The molecule has 2 N–H and O–H groups in total. The Kier molecular flexibility index (Phi) is 6.22. The van der Waals surface area contributed by atoms with Gasteiger partial charge in [0.25, 0.3) is 0 Å². The highest BCUT2D eigenvalue weighted by Gasteiger charge is 2.21. The molecule has 2 unspecified atom stereocenters. The lowest BCUT2D eigenvalue weighted by Gasteiger charge is -2.30. The number of hydrogen-bond acceptors (Lipinski definition) is 3. The van der Waals surface area contributed by atoms with Crippen molar-refractivity contribution in [2.24, 2.45) is 5.92 Å². The molecule has 2 atom stereocenters. The van der Waals surface area contributed by atoms with Crippen molar-refractivity contribution in [2.75, 3.05) is 20.3 Å². The number of methoxy groups -OCH3 is 1. The molecule has 3 heteroatoms. The molecule has 1 aliphatic rings. The molecular weight excluding hydrogens is 190 g/mol. The van der Waals surface area contributed by atoms with E-state index in [0.29, 0.717) is 18.6 Å². The first-order chi connectivity index (χ1) is 7.27. The predicted octanol–water partition coefficient (Wildman–Crippen LogP) is 1.55. The van der Waals surface area contributed by atoms with Crippen molar-refractivity contribution in [3.05, 3.63) is 0 Å². The van der Waals surface area contributed by atoms with E-state index in [1.807, 2.05) is 0 Å². The van der Waals surface area contributed by atoms with Gasteiger partial charge in [0, 0.05) is 19.2 Å². The lowest BCUT2D eigenvalue weighted by molar-refractivity contribution is 0.106. The van der Waals surface area contributed by atoms with Crippen LogP contribution in [0.25, 0.3) is 0 Å². The van der Waals surface area contributed by atoms with Gasteiger partial charge in [-0.3, -0.25) is 0 Å². The Labute approximate surface area is 93.2 Å². The SMILES string of the molecule is COCC(C)C(CO)NC1CCCCC1. The molecule has 0 aromatic rings. The van der Waals surface area contributed by atoms with Crippen molar-refractivity contribution in [3.8, 4) is 0 Å². The van der Waals surface area contributed by atoms with E-state index in [2.05, 4.69) is 12.2 Å². The van der Waals surface area contributed by atoms with Crippen LogP contribution in [0.4, 0.5) is 0 Å². The molecular formula is C12H25NO2. The third-order valence-electron chi connectivity index (χ3n) is 3.37. The van der Waals surface area contributed by atoms with Crippen LogP contribution in [-0.2, 0) is 4.74 Å². The number of nitrogens with one attached hydrogen (secondary N) is 1. The third kappa shape index (κ3) is 4.49. The van der Waals surface area contributed by atoms with Crippen LogP contribution >= 0.6 is 0 Å². The van der Waals surface area contributed by atoms with Crippen LogP contribution in [0, 0.1) is 5.92 Å². The molecule has 0 spiro atoms. The van der Waals surface area contributed by atoms with E-state index in [4.69, 9.17) is 4.74 Å². The van der Waals surface area contributed by atoms with Gasteiger partial charge >= 0.3 is 0 Å². The van der Waals surface area contributed by atoms with Crippen LogP contribution in [0.3, 0.4) is 0 Å². The van der Waals surface area contributed by atoms with Crippen LogP contribution in [0.15, 0.2) is 0 Å². The standard InChI is InChI=1S/C12H25NO2/c1-10(9-15-2)12(8-14)13-11-6-4-3-5-7-11/h10-14H,3-9H2,1-2H3. The highest BCUT2D eigenvalue weighted by Crippen LogP contribution is 2.18. The van der Waals surface area contributed by atoms with Crippen molar-refractivity contribution >= 4 is 0 Å². The molecule has 1 aliphatic carbocycles. The third-order valence-corrected chi connectivity index (χ3v) is 3.37. The molecule has 0 radical (unpaired) electrons. The highest BCUT2D eigenvalue weighted by molar-refractivity contribution is 4.80. The van der Waals surface area contributed by atoms with Crippen LogP contribution in [-0.4, -0.2) is 37.5 Å². The van der Waals surface area contributed by atoms with E-state index in [0.717, 1.165) is 0 Å². The van der Waals surface area contributed by atoms with Gasteiger partial charge in [-0.15, -0.1) is 0 Å². The number of ether oxygens (including phenoxy) is 1. The Morgan fingerprint density at radius 2 is 2.00 bits per heavy atom. The molecule has 3 nitrogen and oxygen atoms in total. The summed E-state index contributed by atoms with van der Waals surface area (Å²) in [6.45, 7) is 3.05. The van der Waals surface area contributed by atoms with E-state index < -0.39 is 0 Å². The van der Waals surface area contributed by atoms with Crippen LogP contribution in [0.1, 0.15) is 39.0 Å². The van der Waals surface area contributed by atoms with E-state index in [1.165, 1.54) is 32.1 Å². The second-order valence-electron chi connectivity index (χ2n) is 4.72. The molecule has 0 aliphatic heterocycles. The lowest BCUT2D eigenvalue weighted by atomic mass is 9.93. The second-order valence-corrected chi connectivity index (χ2v) is 4.72. The molecule has 0 bridgehead atoms. The molecule has 0 saturated heterocycles. The summed E-state index contributed by atoms with van der Waals surface area (Å²) < 4.78 is 5.12. The van der Waals surface area contributed by atoms with Gasteiger partial charge in [-0.25, -0.2) is 0 Å². The first-order valence-electron chi connectivity index (χ1n) is 6.13. The molecule has 0 amide bonds. The van der Waals surface area contributed by atoms with Gasteiger partial charge in [0.2, 0.25) is 0 Å². The maximum atomic E-state index is 9.34. The topological polar surface area (TPSA) is 41.5 Å². The van der Waals surface area contributed by atoms with Crippen molar-refractivity contribution in [1.82, 2.24) is 5.32 Å². The largest absolute Gasteiger partial charge is 0.395 e. The summed E-state index contributed by atoms with van der Waals surface area (Å²) in [5.41, 5.74) is 0. The van der Waals surface area contributed by atoms with Crippen LogP contribution in [0.5, 0.6) is 0 Å². The van der Waals surface area contributed by atoms with Crippen LogP contribution < -0.4 is 5.32 Å². The van der Waals surface area contributed by atoms with E-state index in [-0.39, 0.29) is 12.6 Å². The van der Waals surface area contributed by atoms with Gasteiger partial charge in [0.05, 0.1) is 13.2 Å². The Hall–Kier alpha value is -0.120. The number of hydrogen-bond donors (Lipinski definition) is 2. The average Bonchev–Trinajstić information content (AvgIpc) is 2.27.